The summed E-state index contributed by atoms with van der Waals surface area (Å²) in [5, 5.41) is -2.94. The fourth-order valence-electron chi connectivity index (χ4n) is 2.90. The zero-order chi connectivity index (χ0) is 20.7. The molecule has 1 aromatic heterocycles. The lowest BCUT2D eigenvalue weighted by molar-refractivity contribution is -0.123. The van der Waals surface area contributed by atoms with E-state index in [9.17, 15) is 18.4 Å². The highest BCUT2D eigenvalue weighted by Gasteiger charge is 2.51. The van der Waals surface area contributed by atoms with Gasteiger partial charge in [-0.15, -0.1) is 0 Å². The number of carbonyl (C=O) groups is 2. The van der Waals surface area contributed by atoms with Crippen LogP contribution in [0.5, 0.6) is 0 Å². The molecule has 1 aromatic carbocycles. The molecule has 5 nitrogen and oxygen atoms in total. The van der Waals surface area contributed by atoms with Crippen molar-refractivity contribution in [1.29, 1.82) is 0 Å². The Kier molecular flexibility index (Phi) is 5.38. The van der Waals surface area contributed by atoms with Gasteiger partial charge in [0.1, 0.15) is 5.54 Å². The summed E-state index contributed by atoms with van der Waals surface area (Å²) in [6.07, 6.45) is 3.23. The third-order valence-corrected chi connectivity index (χ3v) is 5.74. The van der Waals surface area contributed by atoms with E-state index in [0.717, 1.165) is 17.4 Å². The van der Waals surface area contributed by atoms with Crippen molar-refractivity contribution in [2.75, 3.05) is 4.90 Å². The number of alkyl halides is 2. The first-order chi connectivity index (χ1) is 13.0. The van der Waals surface area contributed by atoms with Crippen molar-refractivity contribution in [1.82, 2.24) is 9.88 Å². The molecule has 1 aliphatic rings. The van der Waals surface area contributed by atoms with Crippen LogP contribution in [0.2, 0.25) is 5.02 Å². The highest BCUT2D eigenvalue weighted by Crippen LogP contribution is 2.41. The molecule has 148 valence electrons. The fourth-order valence-corrected chi connectivity index (χ4v) is 3.87. The molecule has 0 radical (unpaired) electrons. The number of aromatic nitrogens is 1. The summed E-state index contributed by atoms with van der Waals surface area (Å²) < 4.78 is 26.5. The SMILES string of the molecule is CC(F)(F)Sc1ccc(N2C(=O)N(Cc3ccncc3)C(C)(C)C2=O)cc1Cl. The maximum Gasteiger partial charge on any atom is 0.332 e. The highest BCUT2D eigenvalue weighted by atomic mass is 35.5. The van der Waals surface area contributed by atoms with Gasteiger partial charge in [0, 0.05) is 30.8 Å². The molecule has 2 aromatic rings. The van der Waals surface area contributed by atoms with Crippen LogP contribution in [0.3, 0.4) is 0 Å². The highest BCUT2D eigenvalue weighted by molar-refractivity contribution is 8.00. The van der Waals surface area contributed by atoms with Gasteiger partial charge in [0.05, 0.1) is 10.7 Å². The van der Waals surface area contributed by atoms with Crippen LogP contribution in [0, 0.1) is 0 Å². The second-order valence-electron chi connectivity index (χ2n) is 6.95. The quantitative estimate of drug-likeness (QED) is 0.488. The first-order valence-corrected chi connectivity index (χ1v) is 9.61. The fraction of sp³-hybridized carbons (Fsp3) is 0.316. The second-order valence-corrected chi connectivity index (χ2v) is 8.72. The van der Waals surface area contributed by atoms with Crippen LogP contribution in [0.1, 0.15) is 26.3 Å². The van der Waals surface area contributed by atoms with Gasteiger partial charge in [-0.05, 0) is 49.7 Å². The van der Waals surface area contributed by atoms with Gasteiger partial charge in [-0.25, -0.2) is 9.69 Å². The molecule has 0 unspecified atom stereocenters. The Morgan fingerprint density at radius 1 is 1.18 bits per heavy atom. The molecule has 1 fully saturated rings. The summed E-state index contributed by atoms with van der Waals surface area (Å²) >= 11 is 6.43. The lowest BCUT2D eigenvalue weighted by atomic mass is 10.0. The Morgan fingerprint density at radius 3 is 2.39 bits per heavy atom. The molecule has 3 rings (SSSR count). The van der Waals surface area contributed by atoms with Crippen molar-refractivity contribution >= 4 is 41.0 Å². The summed E-state index contributed by atoms with van der Waals surface area (Å²) in [5.41, 5.74) is 0.00608. The number of hydrogen-bond donors (Lipinski definition) is 0. The number of imide groups is 1. The van der Waals surface area contributed by atoms with Crippen LogP contribution >= 0.6 is 23.4 Å². The number of amides is 3. The number of carbonyl (C=O) groups excluding carboxylic acids is 2. The number of urea groups is 1. The summed E-state index contributed by atoms with van der Waals surface area (Å²) in [6.45, 7) is 4.34. The van der Waals surface area contributed by atoms with Crippen molar-refractivity contribution in [3.05, 3.63) is 53.3 Å². The zero-order valence-electron chi connectivity index (χ0n) is 15.4. The normalized spacial score (nSPS) is 16.8. The minimum atomic E-state index is -2.99. The number of thioether (sulfide) groups is 1. The molecule has 28 heavy (non-hydrogen) atoms. The minimum absolute atomic E-state index is 0.0509. The number of pyridine rings is 1. The summed E-state index contributed by atoms with van der Waals surface area (Å²) in [4.78, 5) is 32.6. The van der Waals surface area contributed by atoms with Crippen LogP contribution in [0.25, 0.3) is 0 Å². The zero-order valence-corrected chi connectivity index (χ0v) is 17.0. The maximum absolute atomic E-state index is 13.2. The molecule has 1 aliphatic heterocycles. The molecule has 0 saturated carbocycles. The molecule has 9 heteroatoms. The van der Waals surface area contributed by atoms with Gasteiger partial charge in [-0.2, -0.15) is 8.78 Å². The number of anilines is 1. The number of halogens is 3. The standard InChI is InChI=1S/C19H18ClF2N3O2S/c1-18(2)16(26)25(17(27)24(18)11-12-6-8-23-9-7-12)13-4-5-15(14(20)10-13)28-19(3,21)22/h4-10H,11H2,1-3H3. The van der Waals surface area contributed by atoms with E-state index in [1.54, 1.807) is 38.4 Å². The van der Waals surface area contributed by atoms with Gasteiger partial charge in [-0.1, -0.05) is 23.4 Å². The second kappa shape index (κ2) is 7.33. The van der Waals surface area contributed by atoms with Gasteiger partial charge < -0.3 is 4.90 Å². The van der Waals surface area contributed by atoms with Crippen LogP contribution in [0.4, 0.5) is 19.3 Å². The largest absolute Gasteiger partial charge is 0.332 e. The Labute approximate surface area is 170 Å². The number of hydrogen-bond acceptors (Lipinski definition) is 4. The number of benzene rings is 1. The molecule has 3 amide bonds. The van der Waals surface area contributed by atoms with Crippen LogP contribution in [-0.4, -0.2) is 32.6 Å². The molecular weight excluding hydrogens is 408 g/mol. The first-order valence-electron chi connectivity index (χ1n) is 8.42. The summed E-state index contributed by atoms with van der Waals surface area (Å²) in [7, 11) is 0. The third kappa shape index (κ3) is 3.98. The van der Waals surface area contributed by atoms with E-state index in [0.29, 0.717) is 11.8 Å². The van der Waals surface area contributed by atoms with E-state index in [1.807, 2.05) is 0 Å². The molecule has 0 bridgehead atoms. The minimum Gasteiger partial charge on any atom is -0.305 e. The molecule has 2 heterocycles. The van der Waals surface area contributed by atoms with Crippen molar-refractivity contribution in [3.8, 4) is 0 Å². The van der Waals surface area contributed by atoms with Gasteiger partial charge in [0.15, 0.2) is 0 Å². The lowest BCUT2D eigenvalue weighted by Crippen LogP contribution is -2.43. The lowest BCUT2D eigenvalue weighted by Gasteiger charge is -2.27. The average molecular weight is 426 g/mol. The Hall–Kier alpha value is -2.19. The van der Waals surface area contributed by atoms with Crippen molar-refractivity contribution in [3.63, 3.8) is 0 Å². The van der Waals surface area contributed by atoms with Gasteiger partial charge in [-0.3, -0.25) is 9.78 Å². The summed E-state index contributed by atoms with van der Waals surface area (Å²) in [6, 6.07) is 7.23. The molecule has 1 saturated heterocycles. The maximum atomic E-state index is 13.2. The predicted molar refractivity (Wildman–Crippen MR) is 105 cm³/mol. The Morgan fingerprint density at radius 2 is 1.82 bits per heavy atom. The van der Waals surface area contributed by atoms with E-state index in [2.05, 4.69) is 4.98 Å². The molecule has 0 spiro atoms. The van der Waals surface area contributed by atoms with Crippen LogP contribution in [-0.2, 0) is 11.3 Å². The molecule has 0 atom stereocenters. The van der Waals surface area contributed by atoms with E-state index in [1.165, 1.54) is 23.1 Å². The molecular formula is C19H18ClF2N3O2S. The number of rotatable bonds is 5. The third-order valence-electron chi connectivity index (χ3n) is 4.38. The van der Waals surface area contributed by atoms with Crippen molar-refractivity contribution in [2.24, 2.45) is 0 Å². The summed E-state index contributed by atoms with van der Waals surface area (Å²) in [5.74, 6) is -0.413. The van der Waals surface area contributed by atoms with Crippen LogP contribution < -0.4 is 4.90 Å². The predicted octanol–water partition coefficient (Wildman–Crippen LogP) is 5.19. The topological polar surface area (TPSA) is 53.5 Å². The van der Waals surface area contributed by atoms with Crippen molar-refractivity contribution < 1.29 is 18.4 Å². The van der Waals surface area contributed by atoms with E-state index >= 15 is 0 Å². The van der Waals surface area contributed by atoms with Gasteiger partial charge in [0.2, 0.25) is 0 Å². The Balaban J connectivity index is 1.91. The van der Waals surface area contributed by atoms with Gasteiger partial charge >= 0.3 is 6.03 Å². The molecule has 0 N–H and O–H groups in total. The van der Waals surface area contributed by atoms with E-state index in [-0.39, 0.29) is 22.2 Å². The smallest absolute Gasteiger partial charge is 0.305 e. The number of nitrogens with zero attached hydrogens (tertiary/aromatic N) is 3. The first kappa shape index (κ1) is 20.5. The van der Waals surface area contributed by atoms with Crippen molar-refractivity contribution in [2.45, 2.75) is 43.0 Å². The average Bonchev–Trinajstić information content (AvgIpc) is 2.77. The van der Waals surface area contributed by atoms with E-state index < -0.39 is 22.7 Å². The molecule has 0 aliphatic carbocycles. The van der Waals surface area contributed by atoms with Crippen LogP contribution in [0.15, 0.2) is 47.6 Å². The van der Waals surface area contributed by atoms with E-state index in [4.69, 9.17) is 11.6 Å². The monoisotopic (exact) mass is 425 g/mol. The Bertz CT molecular complexity index is 919. The van der Waals surface area contributed by atoms with Gasteiger partial charge in [0.25, 0.3) is 11.2 Å².